The van der Waals surface area contributed by atoms with Crippen molar-refractivity contribution in [1.82, 2.24) is 9.80 Å². The minimum Gasteiger partial charge on any atom is -0.329 e. The normalized spacial score (nSPS) is 27.8. The molecule has 0 bridgehead atoms. The predicted octanol–water partition coefficient (Wildman–Crippen LogP) is 1.85. The Bertz CT molecular complexity index is 403. The molecule has 2 saturated heterocycles. The van der Waals surface area contributed by atoms with E-state index >= 15 is 0 Å². The van der Waals surface area contributed by atoms with Crippen LogP contribution in [0.4, 0.5) is 13.2 Å². The Morgan fingerprint density at radius 3 is 2.60 bits per heavy atom. The standard InChI is InChI=1S/C12H17F3N2O2S/c1-8-10(18)17-5-3-2-4-9(17)11(19)16(8)6-7-20-12(13,14)15/h8-9H,2-7H2,1H3. The molecule has 114 valence electrons. The summed E-state index contributed by atoms with van der Waals surface area (Å²) < 4.78 is 36.4. The first-order valence-electron chi connectivity index (χ1n) is 6.63. The molecule has 0 saturated carbocycles. The van der Waals surface area contributed by atoms with Crippen molar-refractivity contribution < 1.29 is 22.8 Å². The quantitative estimate of drug-likeness (QED) is 0.799. The van der Waals surface area contributed by atoms with Gasteiger partial charge < -0.3 is 9.80 Å². The van der Waals surface area contributed by atoms with Gasteiger partial charge in [-0.3, -0.25) is 9.59 Å². The second-order valence-electron chi connectivity index (χ2n) is 5.05. The molecule has 2 aliphatic rings. The first-order valence-corrected chi connectivity index (χ1v) is 7.61. The highest BCUT2D eigenvalue weighted by Crippen LogP contribution is 2.31. The summed E-state index contributed by atoms with van der Waals surface area (Å²) in [6.07, 6.45) is 2.37. The molecule has 4 nitrogen and oxygen atoms in total. The first kappa shape index (κ1) is 15.5. The molecule has 2 aliphatic heterocycles. The molecule has 0 aromatic rings. The van der Waals surface area contributed by atoms with E-state index in [0.29, 0.717) is 13.0 Å². The highest BCUT2D eigenvalue weighted by molar-refractivity contribution is 8.00. The van der Waals surface area contributed by atoms with Gasteiger partial charge in [-0.25, -0.2) is 0 Å². The van der Waals surface area contributed by atoms with Crippen LogP contribution in [-0.2, 0) is 9.59 Å². The number of fused-ring (bicyclic) bond motifs is 1. The van der Waals surface area contributed by atoms with Crippen molar-refractivity contribution in [3.8, 4) is 0 Å². The lowest BCUT2D eigenvalue weighted by molar-refractivity contribution is -0.162. The zero-order valence-electron chi connectivity index (χ0n) is 11.2. The van der Waals surface area contributed by atoms with Gasteiger partial charge in [0.2, 0.25) is 11.8 Å². The number of alkyl halides is 3. The number of carbonyl (C=O) groups is 2. The van der Waals surface area contributed by atoms with Gasteiger partial charge in [0.25, 0.3) is 0 Å². The van der Waals surface area contributed by atoms with E-state index < -0.39 is 17.6 Å². The Morgan fingerprint density at radius 1 is 1.25 bits per heavy atom. The largest absolute Gasteiger partial charge is 0.441 e. The van der Waals surface area contributed by atoms with Gasteiger partial charge >= 0.3 is 5.51 Å². The molecule has 0 aliphatic carbocycles. The summed E-state index contributed by atoms with van der Waals surface area (Å²) in [5.74, 6) is -0.592. The van der Waals surface area contributed by atoms with Crippen molar-refractivity contribution in [1.29, 1.82) is 0 Å². The van der Waals surface area contributed by atoms with E-state index in [1.165, 1.54) is 4.90 Å². The summed E-state index contributed by atoms with van der Waals surface area (Å²) in [6, 6.07) is -1.13. The topological polar surface area (TPSA) is 40.6 Å². The van der Waals surface area contributed by atoms with Crippen molar-refractivity contribution in [2.24, 2.45) is 0 Å². The van der Waals surface area contributed by atoms with Crippen LogP contribution < -0.4 is 0 Å². The van der Waals surface area contributed by atoms with Crippen molar-refractivity contribution in [2.45, 2.75) is 43.8 Å². The summed E-state index contributed by atoms with van der Waals surface area (Å²) >= 11 is -0.157. The zero-order valence-corrected chi connectivity index (χ0v) is 12.0. The molecule has 0 aromatic carbocycles. The van der Waals surface area contributed by atoms with E-state index in [2.05, 4.69) is 0 Å². The highest BCUT2D eigenvalue weighted by Gasteiger charge is 2.44. The van der Waals surface area contributed by atoms with Gasteiger partial charge in [0.1, 0.15) is 12.1 Å². The van der Waals surface area contributed by atoms with E-state index in [9.17, 15) is 22.8 Å². The first-order chi connectivity index (χ1) is 9.31. The monoisotopic (exact) mass is 310 g/mol. The molecule has 2 atom stereocenters. The molecule has 2 fully saturated rings. The Kier molecular flexibility index (Phi) is 4.51. The lowest BCUT2D eigenvalue weighted by atomic mass is 9.96. The van der Waals surface area contributed by atoms with Crippen LogP contribution in [-0.4, -0.2) is 58.0 Å². The molecule has 2 amide bonds. The van der Waals surface area contributed by atoms with Crippen LogP contribution in [0.1, 0.15) is 26.2 Å². The summed E-state index contributed by atoms with van der Waals surface area (Å²) in [5, 5.41) is 0. The number of amides is 2. The van der Waals surface area contributed by atoms with Crippen LogP contribution in [0.5, 0.6) is 0 Å². The Morgan fingerprint density at radius 2 is 1.95 bits per heavy atom. The second-order valence-corrected chi connectivity index (χ2v) is 6.20. The van der Waals surface area contributed by atoms with Gasteiger partial charge in [-0.15, -0.1) is 0 Å². The van der Waals surface area contributed by atoms with Crippen molar-refractivity contribution in [2.75, 3.05) is 18.8 Å². The molecular weight excluding hydrogens is 293 g/mol. The van der Waals surface area contributed by atoms with Crippen molar-refractivity contribution in [3.63, 3.8) is 0 Å². The highest BCUT2D eigenvalue weighted by atomic mass is 32.2. The molecule has 0 spiro atoms. The van der Waals surface area contributed by atoms with Crippen molar-refractivity contribution >= 4 is 23.6 Å². The van der Waals surface area contributed by atoms with E-state index in [4.69, 9.17) is 0 Å². The Labute approximate surface area is 119 Å². The van der Waals surface area contributed by atoms with Gasteiger partial charge in [0.05, 0.1) is 0 Å². The van der Waals surface area contributed by atoms with E-state index in [-0.39, 0.29) is 35.9 Å². The maximum absolute atomic E-state index is 12.3. The molecule has 2 rings (SSSR count). The molecule has 0 N–H and O–H groups in total. The van der Waals surface area contributed by atoms with Crippen LogP contribution in [0, 0.1) is 0 Å². The second kappa shape index (κ2) is 5.83. The van der Waals surface area contributed by atoms with Gasteiger partial charge in [0.15, 0.2) is 0 Å². The molecule has 2 unspecified atom stereocenters. The number of piperidine rings is 1. The number of rotatable bonds is 3. The predicted molar refractivity (Wildman–Crippen MR) is 69.0 cm³/mol. The van der Waals surface area contributed by atoms with Gasteiger partial charge in [0, 0.05) is 18.8 Å². The molecule has 0 aromatic heterocycles. The maximum Gasteiger partial charge on any atom is 0.441 e. The van der Waals surface area contributed by atoms with Gasteiger partial charge in [-0.05, 0) is 37.9 Å². The number of halogens is 3. The van der Waals surface area contributed by atoms with E-state index in [0.717, 1.165) is 12.8 Å². The number of piperazine rings is 1. The number of thioether (sulfide) groups is 1. The summed E-state index contributed by atoms with van der Waals surface area (Å²) in [5.41, 5.74) is -4.30. The van der Waals surface area contributed by atoms with Crippen molar-refractivity contribution in [3.05, 3.63) is 0 Å². The van der Waals surface area contributed by atoms with Crippen LogP contribution in [0.2, 0.25) is 0 Å². The number of nitrogens with zero attached hydrogens (tertiary/aromatic N) is 2. The van der Waals surface area contributed by atoms with Gasteiger partial charge in [-0.1, -0.05) is 0 Å². The third-order valence-electron chi connectivity index (χ3n) is 3.78. The summed E-state index contributed by atoms with van der Waals surface area (Å²) in [7, 11) is 0. The maximum atomic E-state index is 12.3. The summed E-state index contributed by atoms with van der Waals surface area (Å²) in [6.45, 7) is 2.12. The zero-order chi connectivity index (χ0) is 14.9. The molecule has 8 heteroatoms. The van der Waals surface area contributed by atoms with Gasteiger partial charge in [-0.2, -0.15) is 13.2 Å². The molecule has 0 radical (unpaired) electrons. The van der Waals surface area contributed by atoms with Crippen LogP contribution in [0.15, 0.2) is 0 Å². The molecule has 2 heterocycles. The molecular formula is C12H17F3N2O2S. The average molecular weight is 310 g/mol. The third kappa shape index (κ3) is 3.21. The fourth-order valence-corrected chi connectivity index (χ4v) is 3.29. The Balaban J connectivity index is 2.01. The van der Waals surface area contributed by atoms with Crippen LogP contribution in [0.25, 0.3) is 0 Å². The average Bonchev–Trinajstić information content (AvgIpc) is 2.39. The fourth-order valence-electron chi connectivity index (χ4n) is 2.77. The SMILES string of the molecule is CC1C(=O)N2CCCCC2C(=O)N1CCSC(F)(F)F. The number of carbonyl (C=O) groups excluding carboxylic acids is 2. The van der Waals surface area contributed by atoms with E-state index in [1.807, 2.05) is 0 Å². The number of hydrogen-bond donors (Lipinski definition) is 0. The van der Waals surface area contributed by atoms with Crippen LogP contribution in [0.3, 0.4) is 0 Å². The number of hydrogen-bond acceptors (Lipinski definition) is 3. The lowest BCUT2D eigenvalue weighted by Crippen LogP contribution is -2.65. The minimum atomic E-state index is -4.30. The Hall–Kier alpha value is -0.920. The third-order valence-corrected chi connectivity index (χ3v) is 4.49. The molecule has 20 heavy (non-hydrogen) atoms. The summed E-state index contributed by atoms with van der Waals surface area (Å²) in [4.78, 5) is 27.4. The van der Waals surface area contributed by atoms with E-state index in [1.54, 1.807) is 11.8 Å². The fraction of sp³-hybridized carbons (Fsp3) is 0.833. The smallest absolute Gasteiger partial charge is 0.329 e. The lowest BCUT2D eigenvalue weighted by Gasteiger charge is -2.46. The van der Waals surface area contributed by atoms with Crippen LogP contribution >= 0.6 is 11.8 Å². The minimum absolute atomic E-state index is 0.0414.